The molecule has 0 saturated heterocycles. The minimum Gasteiger partial charge on any atom is -0.388 e. The van der Waals surface area contributed by atoms with Gasteiger partial charge in [-0.25, -0.2) is 4.98 Å². The van der Waals surface area contributed by atoms with Crippen LogP contribution >= 0.6 is 0 Å². The molecule has 1 aromatic rings. The van der Waals surface area contributed by atoms with Crippen molar-refractivity contribution in [3.05, 3.63) is 11.6 Å². The molecule has 1 unspecified atom stereocenters. The predicted molar refractivity (Wildman–Crippen MR) is 65.6 cm³/mol. The Morgan fingerprint density at radius 3 is 2.76 bits per heavy atom. The van der Waals surface area contributed by atoms with E-state index in [0.717, 1.165) is 11.6 Å². The molecule has 0 spiro atoms. The van der Waals surface area contributed by atoms with Gasteiger partial charge in [0.05, 0.1) is 5.60 Å². The van der Waals surface area contributed by atoms with Crippen LogP contribution in [0.25, 0.3) is 0 Å². The molecule has 5 heteroatoms. The minimum absolute atomic E-state index is 0.229. The third-order valence-corrected chi connectivity index (χ3v) is 3.51. The Hall–Kier alpha value is -0.940. The van der Waals surface area contributed by atoms with Crippen LogP contribution in [0, 0.1) is 0 Å². The highest BCUT2D eigenvalue weighted by molar-refractivity contribution is 5.01. The molecule has 0 aliphatic heterocycles. The van der Waals surface area contributed by atoms with Gasteiger partial charge in [0.25, 0.3) is 0 Å². The normalized spacial score (nSPS) is 21.4. The average molecular weight is 238 g/mol. The maximum Gasteiger partial charge on any atom is 0.153 e. The van der Waals surface area contributed by atoms with E-state index in [4.69, 9.17) is 5.73 Å². The first kappa shape index (κ1) is 12.5. The van der Waals surface area contributed by atoms with Gasteiger partial charge >= 0.3 is 0 Å². The van der Waals surface area contributed by atoms with E-state index >= 15 is 0 Å². The van der Waals surface area contributed by atoms with Gasteiger partial charge in [0.15, 0.2) is 5.82 Å². The van der Waals surface area contributed by atoms with E-state index < -0.39 is 5.60 Å². The standard InChI is InChI=1S/C12H22N4O/c1-12(17,8-13)7-10-14-11(16-15-10)9-5-3-2-4-6-9/h9,17H,2-8,13H2,1H3,(H,14,15,16). The van der Waals surface area contributed by atoms with E-state index in [1.807, 2.05) is 0 Å². The summed E-state index contributed by atoms with van der Waals surface area (Å²) < 4.78 is 0. The first-order valence-corrected chi connectivity index (χ1v) is 6.44. The van der Waals surface area contributed by atoms with Crippen molar-refractivity contribution in [2.75, 3.05) is 6.54 Å². The number of aromatic nitrogens is 3. The number of hydrogen-bond acceptors (Lipinski definition) is 4. The molecule has 96 valence electrons. The SMILES string of the molecule is CC(O)(CN)Cc1nc(C2CCCCC2)n[nH]1. The molecule has 1 atom stereocenters. The zero-order chi connectivity index (χ0) is 12.3. The number of nitrogens with zero attached hydrogens (tertiary/aromatic N) is 2. The topological polar surface area (TPSA) is 87.8 Å². The molecule has 1 aliphatic rings. The van der Waals surface area contributed by atoms with Gasteiger partial charge in [-0.1, -0.05) is 19.3 Å². The number of nitrogens with two attached hydrogens (primary N) is 1. The molecular weight excluding hydrogens is 216 g/mol. The summed E-state index contributed by atoms with van der Waals surface area (Å²) in [7, 11) is 0. The first-order chi connectivity index (χ1) is 8.11. The second kappa shape index (κ2) is 5.14. The van der Waals surface area contributed by atoms with Crippen molar-refractivity contribution >= 4 is 0 Å². The molecule has 17 heavy (non-hydrogen) atoms. The van der Waals surface area contributed by atoms with Crippen LogP contribution in [0.4, 0.5) is 0 Å². The zero-order valence-electron chi connectivity index (χ0n) is 10.4. The summed E-state index contributed by atoms with van der Waals surface area (Å²) in [5.74, 6) is 2.14. The molecule has 1 aliphatic carbocycles. The predicted octanol–water partition coefficient (Wildman–Crippen LogP) is 1.10. The molecular formula is C12H22N4O. The maximum absolute atomic E-state index is 9.88. The molecule has 0 bridgehead atoms. The third-order valence-electron chi connectivity index (χ3n) is 3.51. The Bertz CT molecular complexity index is 355. The number of aromatic amines is 1. The van der Waals surface area contributed by atoms with E-state index in [9.17, 15) is 5.11 Å². The van der Waals surface area contributed by atoms with Gasteiger partial charge < -0.3 is 10.8 Å². The van der Waals surface area contributed by atoms with Crippen molar-refractivity contribution in [2.45, 2.75) is 57.0 Å². The van der Waals surface area contributed by atoms with Crippen molar-refractivity contribution < 1.29 is 5.11 Å². The second-order valence-electron chi connectivity index (χ2n) is 5.35. The van der Waals surface area contributed by atoms with E-state index in [0.29, 0.717) is 12.3 Å². The minimum atomic E-state index is -0.899. The van der Waals surface area contributed by atoms with Crippen LogP contribution in [0.1, 0.15) is 56.6 Å². The highest BCUT2D eigenvalue weighted by Gasteiger charge is 2.23. The Labute approximate surface area is 102 Å². The van der Waals surface area contributed by atoms with E-state index in [-0.39, 0.29) is 6.54 Å². The van der Waals surface area contributed by atoms with Crippen LogP contribution in [0.2, 0.25) is 0 Å². The monoisotopic (exact) mass is 238 g/mol. The molecule has 1 aromatic heterocycles. The Morgan fingerprint density at radius 2 is 2.12 bits per heavy atom. The van der Waals surface area contributed by atoms with Gasteiger partial charge in [-0.15, -0.1) is 0 Å². The third kappa shape index (κ3) is 3.26. The van der Waals surface area contributed by atoms with Gasteiger partial charge in [-0.3, -0.25) is 5.10 Å². The van der Waals surface area contributed by atoms with Crippen molar-refractivity contribution in [2.24, 2.45) is 5.73 Å². The largest absolute Gasteiger partial charge is 0.388 e. The lowest BCUT2D eigenvalue weighted by Gasteiger charge is -2.19. The Kier molecular flexibility index (Phi) is 3.79. The number of rotatable bonds is 4. The van der Waals surface area contributed by atoms with Crippen LogP contribution in [-0.2, 0) is 6.42 Å². The van der Waals surface area contributed by atoms with Crippen LogP contribution in [0.5, 0.6) is 0 Å². The van der Waals surface area contributed by atoms with E-state index in [2.05, 4.69) is 15.2 Å². The summed E-state index contributed by atoms with van der Waals surface area (Å²) in [5, 5.41) is 17.1. The molecule has 1 saturated carbocycles. The average Bonchev–Trinajstić information content (AvgIpc) is 2.78. The molecule has 5 nitrogen and oxygen atoms in total. The van der Waals surface area contributed by atoms with Gasteiger partial charge in [-0.05, 0) is 19.8 Å². The highest BCUT2D eigenvalue weighted by Crippen LogP contribution is 2.30. The summed E-state index contributed by atoms with van der Waals surface area (Å²) in [5.41, 5.74) is 4.59. The summed E-state index contributed by atoms with van der Waals surface area (Å²) in [6.45, 7) is 1.95. The smallest absolute Gasteiger partial charge is 0.153 e. The van der Waals surface area contributed by atoms with Crippen LogP contribution in [0.15, 0.2) is 0 Å². The lowest BCUT2D eigenvalue weighted by molar-refractivity contribution is 0.0676. The second-order valence-corrected chi connectivity index (χ2v) is 5.35. The summed E-state index contributed by atoms with van der Waals surface area (Å²) in [6, 6.07) is 0. The van der Waals surface area contributed by atoms with Crippen LogP contribution < -0.4 is 5.73 Å². The van der Waals surface area contributed by atoms with Crippen molar-refractivity contribution in [1.82, 2.24) is 15.2 Å². The van der Waals surface area contributed by atoms with E-state index in [1.165, 1.54) is 32.1 Å². The fraction of sp³-hybridized carbons (Fsp3) is 0.833. The van der Waals surface area contributed by atoms with Crippen LogP contribution in [0.3, 0.4) is 0 Å². The van der Waals surface area contributed by atoms with Crippen LogP contribution in [-0.4, -0.2) is 32.4 Å². The van der Waals surface area contributed by atoms with E-state index in [1.54, 1.807) is 6.92 Å². The zero-order valence-corrected chi connectivity index (χ0v) is 10.4. The quantitative estimate of drug-likeness (QED) is 0.733. The maximum atomic E-state index is 9.88. The molecule has 0 aromatic carbocycles. The Balaban J connectivity index is 2.00. The number of nitrogens with one attached hydrogen (secondary N) is 1. The number of hydrogen-bond donors (Lipinski definition) is 3. The molecule has 0 radical (unpaired) electrons. The van der Waals surface area contributed by atoms with Gasteiger partial charge in [-0.2, -0.15) is 5.10 Å². The lowest BCUT2D eigenvalue weighted by Crippen LogP contribution is -2.36. The molecule has 2 rings (SSSR count). The summed E-state index contributed by atoms with van der Waals surface area (Å²) in [4.78, 5) is 4.48. The van der Waals surface area contributed by atoms with Gasteiger partial charge in [0, 0.05) is 18.9 Å². The molecule has 0 amide bonds. The molecule has 4 N–H and O–H groups in total. The summed E-state index contributed by atoms with van der Waals surface area (Å²) >= 11 is 0. The fourth-order valence-electron chi connectivity index (χ4n) is 2.37. The van der Waals surface area contributed by atoms with Gasteiger partial charge in [0.2, 0.25) is 0 Å². The highest BCUT2D eigenvalue weighted by atomic mass is 16.3. The van der Waals surface area contributed by atoms with Crippen molar-refractivity contribution in [3.8, 4) is 0 Å². The van der Waals surface area contributed by atoms with Crippen molar-refractivity contribution in [3.63, 3.8) is 0 Å². The summed E-state index contributed by atoms with van der Waals surface area (Å²) in [6.07, 6.45) is 6.68. The molecule has 1 heterocycles. The number of aliphatic hydroxyl groups is 1. The van der Waals surface area contributed by atoms with Gasteiger partial charge in [0.1, 0.15) is 5.82 Å². The Morgan fingerprint density at radius 1 is 1.41 bits per heavy atom. The number of H-pyrrole nitrogens is 1. The van der Waals surface area contributed by atoms with Crippen molar-refractivity contribution in [1.29, 1.82) is 0 Å². The lowest BCUT2D eigenvalue weighted by atomic mass is 9.89. The first-order valence-electron chi connectivity index (χ1n) is 6.44. The fourth-order valence-corrected chi connectivity index (χ4v) is 2.37. The molecule has 1 fully saturated rings.